The Hall–Kier alpha value is 0.447. The predicted molar refractivity (Wildman–Crippen MR) is 60.0 cm³/mol. The van der Waals surface area contributed by atoms with Crippen LogP contribution in [0.2, 0.25) is 0 Å². The molecule has 0 aromatic rings. The van der Waals surface area contributed by atoms with Crippen LogP contribution in [0.4, 0.5) is 0 Å². The average molecular weight is 224 g/mol. The van der Waals surface area contributed by atoms with Gasteiger partial charge in [0.25, 0.3) is 5.97 Å². The van der Waals surface area contributed by atoms with E-state index in [0.717, 1.165) is 18.6 Å². The third-order valence-corrected chi connectivity index (χ3v) is 3.14. The zero-order valence-corrected chi connectivity index (χ0v) is 11.8. The van der Waals surface area contributed by atoms with Crippen LogP contribution in [0.3, 0.4) is 0 Å². The Labute approximate surface area is 89.1 Å². The summed E-state index contributed by atoms with van der Waals surface area (Å²) >= 11 is 4.17. The molecule has 0 spiro atoms. The average Bonchev–Trinajstić information content (AvgIpc) is 2.18. The Balaban J connectivity index is 4.17. The first-order valence-electron chi connectivity index (χ1n) is 4.43. The van der Waals surface area contributed by atoms with E-state index < -0.39 is 5.97 Å². The van der Waals surface area contributed by atoms with Gasteiger partial charge in [0.1, 0.15) is 0 Å². The van der Waals surface area contributed by atoms with Gasteiger partial charge in [0, 0.05) is 20.1 Å². The smallest absolute Gasteiger partial charge is 0.274 e. The molecule has 13 heavy (non-hydrogen) atoms. The highest BCUT2D eigenvalue weighted by atomic mass is 32.1. The maximum absolute atomic E-state index is 5.36. The van der Waals surface area contributed by atoms with Crippen molar-refractivity contribution in [3.63, 3.8) is 0 Å². The molecule has 0 saturated carbocycles. The fourth-order valence-corrected chi connectivity index (χ4v) is 2.35. The molecule has 1 unspecified atom stereocenters. The normalized spacial score (nSPS) is 14.8. The van der Waals surface area contributed by atoms with Crippen molar-refractivity contribution in [1.29, 1.82) is 0 Å². The summed E-state index contributed by atoms with van der Waals surface area (Å²) in [4.78, 5) is 0. The van der Waals surface area contributed by atoms with E-state index in [4.69, 9.17) is 13.9 Å². The van der Waals surface area contributed by atoms with Crippen LogP contribution in [0, 0.1) is 5.92 Å². The minimum absolute atomic E-state index is 0.229. The fraction of sp³-hybridized carbons (Fsp3) is 1.00. The van der Waals surface area contributed by atoms with Crippen LogP contribution in [0.25, 0.3) is 0 Å². The van der Waals surface area contributed by atoms with Crippen molar-refractivity contribution in [2.45, 2.75) is 25.7 Å². The number of ether oxygens (including phenoxy) is 2. The van der Waals surface area contributed by atoms with Crippen molar-refractivity contribution in [3.8, 4) is 0 Å². The van der Waals surface area contributed by atoms with Crippen LogP contribution in [-0.2, 0) is 13.9 Å². The van der Waals surface area contributed by atoms with Gasteiger partial charge in [-0.05, 0) is 18.6 Å². The molecule has 0 fully saturated rings. The molecule has 0 amide bonds. The minimum atomic E-state index is -0.838. The van der Waals surface area contributed by atoms with Gasteiger partial charge in [-0.1, -0.05) is 6.92 Å². The van der Waals surface area contributed by atoms with Crippen LogP contribution < -0.4 is 0 Å². The molecule has 0 aliphatic carbocycles. The van der Waals surface area contributed by atoms with Gasteiger partial charge < -0.3 is 13.9 Å². The molecule has 0 saturated heterocycles. The first-order chi connectivity index (χ1) is 6.16. The molecule has 3 nitrogen and oxygen atoms in total. The third-order valence-electron chi connectivity index (χ3n) is 2.25. The molecule has 1 atom stereocenters. The number of hydrogen-bond acceptors (Lipinski definition) is 4. The summed E-state index contributed by atoms with van der Waals surface area (Å²) in [6.45, 7) is 2.06. The van der Waals surface area contributed by atoms with E-state index in [0.29, 0.717) is 10.5 Å². The lowest BCUT2D eigenvalue weighted by Gasteiger charge is -2.34. The van der Waals surface area contributed by atoms with Gasteiger partial charge in [-0.3, -0.25) is 0 Å². The van der Waals surface area contributed by atoms with E-state index in [1.165, 1.54) is 0 Å². The van der Waals surface area contributed by atoms with Gasteiger partial charge >= 0.3 is 0 Å². The number of hydrogen-bond donors (Lipinski definition) is 1. The summed E-state index contributed by atoms with van der Waals surface area (Å²) in [5.41, 5.74) is 0. The molecule has 5 heteroatoms. The van der Waals surface area contributed by atoms with E-state index in [-0.39, 0.29) is 5.92 Å². The molecule has 0 heterocycles. The zero-order chi connectivity index (χ0) is 10.3. The van der Waals surface area contributed by atoms with Gasteiger partial charge in [-0.25, -0.2) is 0 Å². The zero-order valence-electron chi connectivity index (χ0n) is 8.87. The van der Waals surface area contributed by atoms with Gasteiger partial charge in [-0.2, -0.15) is 12.6 Å². The molecule has 0 aliphatic heterocycles. The summed E-state index contributed by atoms with van der Waals surface area (Å²) in [5, 5.41) is 0. The maximum atomic E-state index is 5.36. The van der Waals surface area contributed by atoms with E-state index in [1.54, 1.807) is 14.2 Å². The topological polar surface area (TPSA) is 27.7 Å². The summed E-state index contributed by atoms with van der Waals surface area (Å²) in [5.74, 6) is 0.275. The molecule has 0 aromatic carbocycles. The lowest BCUT2D eigenvalue weighted by atomic mass is 10.0. The van der Waals surface area contributed by atoms with Crippen LogP contribution >= 0.6 is 12.6 Å². The van der Waals surface area contributed by atoms with E-state index in [1.807, 2.05) is 0 Å². The highest BCUT2D eigenvalue weighted by Gasteiger charge is 2.35. The van der Waals surface area contributed by atoms with Crippen molar-refractivity contribution < 1.29 is 13.9 Å². The number of methoxy groups -OCH3 is 2. The second-order valence-electron chi connectivity index (χ2n) is 2.98. The van der Waals surface area contributed by atoms with Crippen molar-refractivity contribution in [2.24, 2.45) is 5.92 Å². The van der Waals surface area contributed by atoms with Crippen LogP contribution in [0.1, 0.15) is 19.8 Å². The van der Waals surface area contributed by atoms with Crippen molar-refractivity contribution in [1.82, 2.24) is 0 Å². The molecule has 0 bridgehead atoms. The molecule has 0 radical (unpaired) electrons. The Morgan fingerprint density at radius 1 is 1.38 bits per heavy atom. The van der Waals surface area contributed by atoms with Gasteiger partial charge in [0.2, 0.25) is 0 Å². The molecule has 0 aliphatic rings. The predicted octanol–water partition coefficient (Wildman–Crippen LogP) is 0.576. The summed E-state index contributed by atoms with van der Waals surface area (Å²) in [7, 11) is 3.82. The number of rotatable bonds is 7. The first kappa shape index (κ1) is 13.4. The van der Waals surface area contributed by atoms with Crippen LogP contribution in [0.15, 0.2) is 0 Å². The summed E-state index contributed by atoms with van der Waals surface area (Å²) in [6.07, 6.45) is 2.04. The SMILES string of the molecule is COC(OC)(O[SiH3])C(C)CCCS. The monoisotopic (exact) mass is 224 g/mol. The molecule has 0 N–H and O–H groups in total. The van der Waals surface area contributed by atoms with E-state index >= 15 is 0 Å². The molecule has 0 rings (SSSR count). The largest absolute Gasteiger partial charge is 0.380 e. The number of thiol groups is 1. The lowest BCUT2D eigenvalue weighted by molar-refractivity contribution is -0.348. The lowest BCUT2D eigenvalue weighted by Crippen LogP contribution is -2.43. The standard InChI is InChI=1S/C8H20O3SSi/c1-7(5-4-6-12)8(9-2,10-3)11-13/h7,12H,4-6H2,1-3,13H3. The Kier molecular flexibility index (Phi) is 7.07. The van der Waals surface area contributed by atoms with Gasteiger partial charge in [-0.15, -0.1) is 0 Å². The second-order valence-corrected chi connectivity index (χ2v) is 3.84. The highest BCUT2D eigenvalue weighted by Crippen LogP contribution is 2.26. The Bertz CT molecular complexity index is 122. The molecular weight excluding hydrogens is 204 g/mol. The fourth-order valence-electron chi connectivity index (χ4n) is 1.43. The summed E-state index contributed by atoms with van der Waals surface area (Å²) in [6, 6.07) is 0. The van der Waals surface area contributed by atoms with E-state index in [2.05, 4.69) is 19.6 Å². The Morgan fingerprint density at radius 3 is 2.23 bits per heavy atom. The maximum Gasteiger partial charge on any atom is 0.274 e. The van der Waals surface area contributed by atoms with Crippen LogP contribution in [0.5, 0.6) is 0 Å². The minimum Gasteiger partial charge on any atom is -0.380 e. The Morgan fingerprint density at radius 2 is 1.92 bits per heavy atom. The highest BCUT2D eigenvalue weighted by molar-refractivity contribution is 7.80. The third kappa shape index (κ3) is 3.59. The van der Waals surface area contributed by atoms with Crippen molar-refractivity contribution >= 4 is 23.1 Å². The first-order valence-corrected chi connectivity index (χ1v) is 5.88. The quantitative estimate of drug-likeness (QED) is 0.389. The van der Waals surface area contributed by atoms with Crippen LogP contribution in [-0.4, -0.2) is 36.4 Å². The molecular formula is C8H20O3SSi. The molecule has 0 aromatic heterocycles. The molecule has 80 valence electrons. The van der Waals surface area contributed by atoms with Gasteiger partial charge in [0.05, 0.1) is 0 Å². The van der Waals surface area contributed by atoms with Crippen molar-refractivity contribution in [3.05, 3.63) is 0 Å². The second kappa shape index (κ2) is 6.84. The summed E-state index contributed by atoms with van der Waals surface area (Å²) < 4.78 is 15.9. The van der Waals surface area contributed by atoms with E-state index in [9.17, 15) is 0 Å². The van der Waals surface area contributed by atoms with Gasteiger partial charge in [0.15, 0.2) is 10.5 Å². The van der Waals surface area contributed by atoms with Crippen molar-refractivity contribution in [2.75, 3.05) is 20.0 Å².